The molecule has 0 fully saturated rings. The average molecular weight is 175 g/mol. The predicted octanol–water partition coefficient (Wildman–Crippen LogP) is 1.29. The molecule has 0 aromatic heterocycles. The normalized spacial score (nSPS) is 14.4. The second-order valence-corrected chi connectivity index (χ2v) is 2.72. The Balaban J connectivity index is 4.05. The average Bonchev–Trinajstić information content (AvgIpc) is 2.02. The quantitative estimate of drug-likeness (QED) is 0.390. The van der Waals surface area contributed by atoms with Crippen molar-refractivity contribution in [2.24, 2.45) is 4.99 Å². The van der Waals surface area contributed by atoms with E-state index in [0.717, 1.165) is 0 Å². The fraction of sp³-hybridized carbons (Fsp3) is 0.714. The van der Waals surface area contributed by atoms with E-state index in [-0.39, 0.29) is 11.2 Å². The van der Waals surface area contributed by atoms with E-state index < -0.39 is 0 Å². The first kappa shape index (κ1) is 10.5. The summed E-state index contributed by atoms with van der Waals surface area (Å²) in [5.74, 6) is 0.137. The first-order chi connectivity index (χ1) is 5.11. The summed E-state index contributed by atoms with van der Waals surface area (Å²) in [6, 6.07) is 0. The lowest BCUT2D eigenvalue weighted by molar-refractivity contribution is -0.117. The van der Waals surface area contributed by atoms with Crippen molar-refractivity contribution in [3.8, 4) is 0 Å². The number of hydrogen-bond donors (Lipinski definition) is 1. The number of methoxy groups -OCH3 is 1. The van der Waals surface area contributed by atoms with E-state index in [0.29, 0.717) is 12.3 Å². The maximum Gasteiger partial charge on any atom is 0.261 e. The van der Waals surface area contributed by atoms with E-state index in [1.54, 1.807) is 6.92 Å². The van der Waals surface area contributed by atoms with E-state index >= 15 is 0 Å². The highest BCUT2D eigenvalue weighted by Crippen LogP contribution is 2.02. The molecule has 0 saturated heterocycles. The van der Waals surface area contributed by atoms with Crippen LogP contribution in [0.15, 0.2) is 4.99 Å². The third-order valence-electron chi connectivity index (χ3n) is 1.23. The van der Waals surface area contributed by atoms with Crippen LogP contribution in [0.4, 0.5) is 0 Å². The Labute approximate surface area is 72.3 Å². The van der Waals surface area contributed by atoms with Crippen molar-refractivity contribution >= 4 is 24.4 Å². The van der Waals surface area contributed by atoms with E-state index in [1.165, 1.54) is 7.11 Å². The lowest BCUT2D eigenvalue weighted by atomic mass is 10.3. The van der Waals surface area contributed by atoms with Crippen LogP contribution in [0.3, 0.4) is 0 Å². The van der Waals surface area contributed by atoms with Crippen molar-refractivity contribution in [1.82, 2.24) is 0 Å². The van der Waals surface area contributed by atoms with E-state index in [1.807, 2.05) is 6.92 Å². The maximum absolute atomic E-state index is 11.0. The largest absolute Gasteiger partial charge is 0.484 e. The molecular formula is C7H13NO2S. The summed E-state index contributed by atoms with van der Waals surface area (Å²) in [6.45, 7) is 3.52. The Bertz CT molecular complexity index is 168. The maximum atomic E-state index is 11.0. The van der Waals surface area contributed by atoms with Crippen molar-refractivity contribution in [3.05, 3.63) is 0 Å². The smallest absolute Gasteiger partial charge is 0.261 e. The highest BCUT2D eigenvalue weighted by molar-refractivity contribution is 7.81. The van der Waals surface area contributed by atoms with Gasteiger partial charge in [-0.15, -0.1) is 0 Å². The Hall–Kier alpha value is -0.510. The highest BCUT2D eigenvalue weighted by Gasteiger charge is 2.09. The lowest BCUT2D eigenvalue weighted by Crippen LogP contribution is -2.12. The number of rotatable bonds is 2. The van der Waals surface area contributed by atoms with E-state index in [9.17, 15) is 4.79 Å². The zero-order chi connectivity index (χ0) is 8.85. The van der Waals surface area contributed by atoms with Crippen LogP contribution in [0, 0.1) is 0 Å². The number of hydrogen-bond acceptors (Lipinski definition) is 3. The summed E-state index contributed by atoms with van der Waals surface area (Å²) < 4.78 is 4.71. The van der Waals surface area contributed by atoms with E-state index in [4.69, 9.17) is 4.74 Å². The van der Waals surface area contributed by atoms with Gasteiger partial charge in [-0.1, -0.05) is 6.92 Å². The monoisotopic (exact) mass is 175 g/mol. The Morgan fingerprint density at radius 1 is 1.73 bits per heavy atom. The lowest BCUT2D eigenvalue weighted by Gasteiger charge is -2.01. The molecule has 0 aromatic rings. The molecule has 0 rings (SSSR count). The van der Waals surface area contributed by atoms with Crippen LogP contribution in [-0.4, -0.2) is 24.2 Å². The SMILES string of the molecule is CCC(S)C(=O)N=C(C)OC. The molecule has 0 heterocycles. The van der Waals surface area contributed by atoms with Gasteiger partial charge in [-0.2, -0.15) is 17.6 Å². The fourth-order valence-corrected chi connectivity index (χ4v) is 0.508. The second-order valence-electron chi connectivity index (χ2n) is 2.10. The molecule has 1 unspecified atom stereocenters. The molecule has 0 aromatic carbocycles. The van der Waals surface area contributed by atoms with Gasteiger partial charge in [0.1, 0.15) is 0 Å². The van der Waals surface area contributed by atoms with Gasteiger partial charge >= 0.3 is 0 Å². The Morgan fingerprint density at radius 2 is 2.27 bits per heavy atom. The standard InChI is InChI=1S/C7H13NO2S/c1-4-6(11)7(9)8-5(2)10-3/h6,11H,4H2,1-3H3. The molecule has 0 aliphatic carbocycles. The topological polar surface area (TPSA) is 38.7 Å². The van der Waals surface area contributed by atoms with Gasteiger partial charge in [0.2, 0.25) is 0 Å². The van der Waals surface area contributed by atoms with E-state index in [2.05, 4.69) is 17.6 Å². The molecule has 3 nitrogen and oxygen atoms in total. The number of aliphatic imine (C=N–C) groups is 1. The van der Waals surface area contributed by atoms with Crippen molar-refractivity contribution < 1.29 is 9.53 Å². The summed E-state index contributed by atoms with van der Waals surface area (Å²) in [5.41, 5.74) is 0. The zero-order valence-electron chi connectivity index (χ0n) is 7.00. The summed E-state index contributed by atoms with van der Waals surface area (Å²) in [6.07, 6.45) is 0.683. The summed E-state index contributed by atoms with van der Waals surface area (Å²) in [5, 5.41) is -0.305. The minimum Gasteiger partial charge on any atom is -0.484 e. The van der Waals surface area contributed by atoms with Crippen LogP contribution in [-0.2, 0) is 9.53 Å². The predicted molar refractivity (Wildman–Crippen MR) is 48.2 cm³/mol. The minimum atomic E-state index is -0.305. The van der Waals surface area contributed by atoms with Crippen molar-refractivity contribution in [1.29, 1.82) is 0 Å². The number of carbonyl (C=O) groups excluding carboxylic acids is 1. The second kappa shape index (κ2) is 5.18. The first-order valence-electron chi connectivity index (χ1n) is 3.43. The molecule has 4 heteroatoms. The van der Waals surface area contributed by atoms with Crippen molar-refractivity contribution in [2.75, 3.05) is 7.11 Å². The van der Waals surface area contributed by atoms with Gasteiger partial charge in [0.05, 0.1) is 12.4 Å². The third kappa shape index (κ3) is 4.03. The highest BCUT2D eigenvalue weighted by atomic mass is 32.1. The molecule has 0 aliphatic heterocycles. The van der Waals surface area contributed by atoms with Crippen LogP contribution in [0.1, 0.15) is 20.3 Å². The molecule has 64 valence electrons. The van der Waals surface area contributed by atoms with Gasteiger partial charge in [0.15, 0.2) is 5.90 Å². The van der Waals surface area contributed by atoms with Gasteiger partial charge in [-0.3, -0.25) is 4.79 Å². The van der Waals surface area contributed by atoms with Crippen molar-refractivity contribution in [3.63, 3.8) is 0 Å². The Morgan fingerprint density at radius 3 is 2.64 bits per heavy atom. The van der Waals surface area contributed by atoms with Crippen LogP contribution < -0.4 is 0 Å². The minimum absolute atomic E-state index is 0.241. The number of ether oxygens (including phenoxy) is 1. The van der Waals surface area contributed by atoms with Gasteiger partial charge < -0.3 is 4.74 Å². The number of amides is 1. The third-order valence-corrected chi connectivity index (χ3v) is 1.82. The number of nitrogens with zero attached hydrogens (tertiary/aromatic N) is 1. The first-order valence-corrected chi connectivity index (χ1v) is 3.94. The Kier molecular flexibility index (Phi) is 4.94. The summed E-state index contributed by atoms with van der Waals surface area (Å²) in [4.78, 5) is 14.6. The van der Waals surface area contributed by atoms with Crippen LogP contribution in [0.25, 0.3) is 0 Å². The molecule has 0 N–H and O–H groups in total. The fourth-order valence-electron chi connectivity index (χ4n) is 0.450. The molecular weight excluding hydrogens is 162 g/mol. The summed E-state index contributed by atoms with van der Waals surface area (Å²) >= 11 is 4.03. The number of carbonyl (C=O) groups is 1. The molecule has 0 saturated carbocycles. The van der Waals surface area contributed by atoms with Crippen LogP contribution >= 0.6 is 12.6 Å². The van der Waals surface area contributed by atoms with Crippen LogP contribution in [0.5, 0.6) is 0 Å². The zero-order valence-corrected chi connectivity index (χ0v) is 7.89. The van der Waals surface area contributed by atoms with Gasteiger partial charge in [-0.25, -0.2) is 0 Å². The van der Waals surface area contributed by atoms with Crippen LogP contribution in [0.2, 0.25) is 0 Å². The van der Waals surface area contributed by atoms with Crippen molar-refractivity contribution in [2.45, 2.75) is 25.5 Å². The number of thiol groups is 1. The van der Waals surface area contributed by atoms with Gasteiger partial charge in [0, 0.05) is 6.92 Å². The van der Waals surface area contributed by atoms with Gasteiger partial charge in [0.25, 0.3) is 5.91 Å². The molecule has 0 aliphatic rings. The molecule has 0 bridgehead atoms. The molecule has 1 atom stereocenters. The molecule has 0 radical (unpaired) electrons. The molecule has 11 heavy (non-hydrogen) atoms. The molecule has 0 spiro atoms. The summed E-state index contributed by atoms with van der Waals surface area (Å²) in [7, 11) is 1.48. The van der Waals surface area contributed by atoms with Gasteiger partial charge in [-0.05, 0) is 6.42 Å². The molecule has 1 amide bonds.